The van der Waals surface area contributed by atoms with E-state index in [0.29, 0.717) is 29.0 Å². The van der Waals surface area contributed by atoms with E-state index in [-0.39, 0.29) is 85.7 Å². The molecule has 18 nitrogen and oxygen atoms in total. The van der Waals surface area contributed by atoms with Gasteiger partial charge in [-0.3, -0.25) is 29.6 Å². The zero-order valence-corrected chi connectivity index (χ0v) is 35.1. The summed E-state index contributed by atoms with van der Waals surface area (Å²) in [5.74, 6) is -4.28. The van der Waals surface area contributed by atoms with E-state index in [1.165, 1.54) is 37.7 Å². The molecule has 0 saturated carbocycles. The Hall–Kier alpha value is -3.50. The van der Waals surface area contributed by atoms with Crippen molar-refractivity contribution in [3.63, 3.8) is 0 Å². The van der Waals surface area contributed by atoms with Crippen molar-refractivity contribution in [2.24, 2.45) is 11.1 Å². The second-order valence-corrected chi connectivity index (χ2v) is 16.7. The molecule has 6 rings (SSSR count). The number of anilines is 1. The molecule has 3 aromatic rings. The van der Waals surface area contributed by atoms with Crippen molar-refractivity contribution < 1.29 is 73.4 Å². The number of ketones is 1. The molecule has 2 fully saturated rings. The van der Waals surface area contributed by atoms with E-state index in [9.17, 15) is 34.5 Å². The molecule has 5 N–H and O–H groups in total. The molecule has 2 amide bonds. The molecule has 0 bridgehead atoms. The number of aromatic nitrogens is 5. The number of carboxylic acids is 1. The zero-order chi connectivity index (χ0) is 38.9. The SMILES string of the molecule is CC(C)(O/N=C(\C(=O)C[C@@H]1C(=O)N2C(c3nnn[n-]3)=C(C[N+]3(CCNC(=O)c4ccc(O)c(O)c4Cl)CCCCC3)CS[C@H]12)c1nc(N)sc1Cl)C(=O)[O-].[Na+]. The maximum Gasteiger partial charge on any atom is 1.00 e. The van der Waals surface area contributed by atoms with Crippen LogP contribution >= 0.6 is 46.3 Å². The average molecular weight is 846 g/mol. The van der Waals surface area contributed by atoms with Crippen LogP contribution in [-0.4, -0.2) is 119 Å². The van der Waals surface area contributed by atoms with Gasteiger partial charge in [0.05, 0.1) is 65.5 Å². The maximum absolute atomic E-state index is 14.0. The number of carbonyl (C=O) groups excluding carboxylic acids is 4. The Morgan fingerprint density at radius 1 is 1.22 bits per heavy atom. The van der Waals surface area contributed by atoms with Gasteiger partial charge in [0, 0.05) is 17.7 Å². The molecule has 0 unspecified atom stereocenters. The number of halogens is 2. The van der Waals surface area contributed by atoms with Crippen molar-refractivity contribution in [1.29, 1.82) is 0 Å². The summed E-state index contributed by atoms with van der Waals surface area (Å²) >= 11 is 14.8. The molecular weight excluding hydrogens is 810 g/mol. The number of quaternary nitrogens is 1. The zero-order valence-electron chi connectivity index (χ0n) is 30.0. The minimum Gasteiger partial charge on any atom is -0.546 e. The number of hydrogen-bond acceptors (Lipinski definition) is 16. The van der Waals surface area contributed by atoms with Crippen molar-refractivity contribution in [1.82, 2.24) is 35.8 Å². The van der Waals surface area contributed by atoms with E-state index >= 15 is 0 Å². The Labute approximate surface area is 354 Å². The number of fused-ring (bicyclic) bond motifs is 1. The average Bonchev–Trinajstić information content (AvgIpc) is 3.79. The van der Waals surface area contributed by atoms with Crippen LogP contribution in [0.15, 0.2) is 22.9 Å². The van der Waals surface area contributed by atoms with Crippen molar-refractivity contribution in [2.75, 3.05) is 44.2 Å². The van der Waals surface area contributed by atoms with E-state index < -0.39 is 46.1 Å². The van der Waals surface area contributed by atoms with Crippen LogP contribution in [-0.2, 0) is 19.2 Å². The molecule has 2 aromatic heterocycles. The topological polar surface area (TPSA) is 260 Å². The number of carboxylic acid groups (broad SMARTS) is 1. The number of rotatable bonds is 14. The second kappa shape index (κ2) is 17.3. The Morgan fingerprint density at radius 2 is 1.95 bits per heavy atom. The molecule has 2 saturated heterocycles. The number of tetrazole rings is 1. The van der Waals surface area contributed by atoms with Crippen molar-refractivity contribution >= 4 is 86.4 Å². The summed E-state index contributed by atoms with van der Waals surface area (Å²) in [6.45, 7) is 5.36. The van der Waals surface area contributed by atoms with Crippen LogP contribution in [0.25, 0.3) is 5.70 Å². The summed E-state index contributed by atoms with van der Waals surface area (Å²) in [6, 6.07) is 2.53. The summed E-state index contributed by atoms with van der Waals surface area (Å²) < 4.78 is 0.633. The van der Waals surface area contributed by atoms with Crippen LogP contribution < -0.4 is 50.8 Å². The number of β-lactam (4-membered cyclic amide) rings is 1. The number of nitrogens with two attached hydrogens (primary N) is 1. The first-order valence-corrected chi connectivity index (χ1v) is 19.4. The number of likely N-dealkylation sites (tertiary alicyclic amines) is 1. The number of phenols is 2. The molecule has 0 aliphatic carbocycles. The third-order valence-electron chi connectivity index (χ3n) is 9.54. The molecule has 2 atom stereocenters. The number of thiazole rings is 1. The van der Waals surface area contributed by atoms with Crippen LogP contribution in [0.1, 0.15) is 61.4 Å². The van der Waals surface area contributed by atoms with Gasteiger partial charge < -0.3 is 45.6 Å². The molecular formula is C32H35Cl2N10NaO8S2. The fourth-order valence-corrected chi connectivity index (χ4v) is 9.23. The molecule has 288 valence electrons. The molecule has 5 heterocycles. The smallest absolute Gasteiger partial charge is 0.546 e. The molecule has 1 aromatic carbocycles. The van der Waals surface area contributed by atoms with Crippen LogP contribution in [0.2, 0.25) is 9.36 Å². The van der Waals surface area contributed by atoms with E-state index in [2.05, 4.69) is 36.1 Å². The van der Waals surface area contributed by atoms with Gasteiger partial charge in [-0.2, -0.15) is 5.21 Å². The number of hydrogen-bond donors (Lipinski definition) is 4. The van der Waals surface area contributed by atoms with Gasteiger partial charge in [-0.05, 0) is 45.2 Å². The van der Waals surface area contributed by atoms with E-state index in [4.69, 9.17) is 33.8 Å². The maximum atomic E-state index is 14.0. The van der Waals surface area contributed by atoms with Gasteiger partial charge in [0.15, 0.2) is 33.7 Å². The van der Waals surface area contributed by atoms with Gasteiger partial charge in [0.2, 0.25) is 5.91 Å². The number of Topliss-reactive ketones (excluding diaryl/α,β-unsaturated/α-hetero) is 1. The largest absolute Gasteiger partial charge is 1.00 e. The molecule has 3 aliphatic heterocycles. The fourth-order valence-electron chi connectivity index (χ4n) is 6.65. The number of aliphatic carboxylic acids is 1. The molecule has 3 aliphatic rings. The van der Waals surface area contributed by atoms with E-state index in [1.54, 1.807) is 4.90 Å². The Morgan fingerprint density at radius 3 is 2.58 bits per heavy atom. The van der Waals surface area contributed by atoms with E-state index in [1.807, 2.05) is 0 Å². The van der Waals surface area contributed by atoms with Gasteiger partial charge in [0.25, 0.3) is 5.91 Å². The summed E-state index contributed by atoms with van der Waals surface area (Å²) in [7, 11) is 0. The number of amides is 2. The number of benzene rings is 1. The summed E-state index contributed by atoms with van der Waals surface area (Å²) in [4.78, 5) is 63.1. The molecule has 23 heteroatoms. The van der Waals surface area contributed by atoms with Crippen LogP contribution in [0.4, 0.5) is 5.13 Å². The number of aromatic hydroxyl groups is 2. The molecule has 0 radical (unpaired) electrons. The number of oxime groups is 1. The molecule has 55 heavy (non-hydrogen) atoms. The van der Waals surface area contributed by atoms with Gasteiger partial charge in [-0.1, -0.05) is 39.7 Å². The monoisotopic (exact) mass is 844 g/mol. The Kier molecular flexibility index (Phi) is 13.4. The first-order valence-electron chi connectivity index (χ1n) is 16.7. The van der Waals surface area contributed by atoms with Crippen LogP contribution in [0.5, 0.6) is 11.5 Å². The summed E-state index contributed by atoms with van der Waals surface area (Å²) in [5, 5.41) is 52.7. The number of carbonyl (C=O) groups is 4. The van der Waals surface area contributed by atoms with Crippen molar-refractivity contribution in [3.8, 4) is 11.5 Å². The second-order valence-electron chi connectivity index (χ2n) is 13.6. The first kappa shape index (κ1) is 42.6. The molecule has 0 spiro atoms. The third-order valence-corrected chi connectivity index (χ3v) is 12.4. The van der Waals surface area contributed by atoms with Crippen molar-refractivity contribution in [3.05, 3.63) is 44.1 Å². The number of piperidine rings is 1. The quantitative estimate of drug-likeness (QED) is 0.0348. The number of nitrogens with one attached hydrogen (secondary N) is 1. The predicted octanol–water partition coefficient (Wildman–Crippen LogP) is -1.83. The minimum absolute atomic E-state index is 0. The Balaban J connectivity index is 0.00000580. The number of phenolic OH excluding ortho intramolecular Hbond substituents is 2. The van der Waals surface area contributed by atoms with E-state index in [0.717, 1.165) is 49.3 Å². The van der Waals surface area contributed by atoms with Gasteiger partial charge >= 0.3 is 29.6 Å². The first-order chi connectivity index (χ1) is 25.6. The summed E-state index contributed by atoms with van der Waals surface area (Å²) in [6.07, 6.45) is 2.64. The number of nitrogen functional groups attached to an aromatic ring is 1. The third kappa shape index (κ3) is 8.90. The number of thioether (sulfide) groups is 1. The Bertz CT molecular complexity index is 2040. The minimum atomic E-state index is -1.90. The fraction of sp³-hybridized carbons (Fsp3) is 0.469. The van der Waals surface area contributed by atoms with Crippen LogP contribution in [0, 0.1) is 5.92 Å². The van der Waals surface area contributed by atoms with Gasteiger partial charge in [-0.15, -0.1) is 11.8 Å². The standard InChI is InChI=1S/C32H36Cl2N10O8S2.Na/c1-32(2,30(50)51)52-40-21(22-25(34)54-31(35)37-22)19(46)12-17-28(49)43-23(26-38-41-42-39-26)15(14-53-29(17)43)13-44(9-4-3-5-10-44)11-8-36-27(48)16-6-7-18(45)24(47)20(16)33;/h6-7,17,29H,3-5,8-14H2,1-2H3,(H6-,35,36,37,38,39,40,41,42,45,46,47,48,50,51);/q;+1/p-1/t17-,29-;/m1./s1. The van der Waals surface area contributed by atoms with Gasteiger partial charge in [0.1, 0.15) is 16.6 Å². The predicted molar refractivity (Wildman–Crippen MR) is 195 cm³/mol. The van der Waals surface area contributed by atoms with Gasteiger partial charge in [-0.25, -0.2) is 4.98 Å². The summed E-state index contributed by atoms with van der Waals surface area (Å²) in [5.41, 5.74) is 4.81. The van der Waals surface area contributed by atoms with Crippen LogP contribution in [0.3, 0.4) is 0 Å². The normalized spacial score (nSPS) is 19.6. The van der Waals surface area contributed by atoms with Crippen molar-refractivity contribution in [2.45, 2.75) is 50.5 Å². The number of nitrogens with zero attached hydrogens (tertiary/aromatic N) is 8.